The smallest absolute Gasteiger partial charge is 0.196 e. The molecule has 0 aromatic heterocycles. The summed E-state index contributed by atoms with van der Waals surface area (Å²) in [6.07, 6.45) is 0. The summed E-state index contributed by atoms with van der Waals surface area (Å²) < 4.78 is 29.8. The molecular formula is C12H28O3PS2+. The van der Waals surface area contributed by atoms with E-state index in [9.17, 15) is 8.42 Å². The van der Waals surface area contributed by atoms with Crippen LogP contribution in [0, 0.1) is 5.92 Å². The molecule has 0 heterocycles. The summed E-state index contributed by atoms with van der Waals surface area (Å²) in [5.74, 6) is 0.0956. The third-order valence-corrected chi connectivity index (χ3v) is 13.3. The van der Waals surface area contributed by atoms with E-state index in [1.807, 2.05) is 55.4 Å². The van der Waals surface area contributed by atoms with E-state index in [2.05, 4.69) is 0 Å². The van der Waals surface area contributed by atoms with Crippen LogP contribution in [0.4, 0.5) is 0 Å². The van der Waals surface area contributed by atoms with Gasteiger partial charge in [0.1, 0.15) is 10.3 Å². The monoisotopic (exact) mass is 315 g/mol. The van der Waals surface area contributed by atoms with E-state index < -0.39 is 16.8 Å². The van der Waals surface area contributed by atoms with Crippen molar-refractivity contribution in [2.45, 2.75) is 65.7 Å². The lowest BCUT2D eigenvalue weighted by atomic mass is 10.2. The Hall–Kier alpha value is 0.690. The van der Waals surface area contributed by atoms with E-state index in [0.717, 1.165) is 0 Å². The molecule has 0 fully saturated rings. The molecule has 0 bridgehead atoms. The number of rotatable bonds is 4. The summed E-state index contributed by atoms with van der Waals surface area (Å²) in [5, 5.41) is -0.586. The molecule has 0 aliphatic heterocycles. The first kappa shape index (κ1) is 18.7. The van der Waals surface area contributed by atoms with E-state index in [4.69, 9.17) is 16.2 Å². The van der Waals surface area contributed by atoms with Crippen molar-refractivity contribution in [1.29, 1.82) is 0 Å². The molecule has 0 N–H and O–H groups in total. The first-order valence-corrected chi connectivity index (χ1v) is 10.6. The van der Waals surface area contributed by atoms with Gasteiger partial charge < -0.3 is 0 Å². The van der Waals surface area contributed by atoms with Crippen LogP contribution in [0.25, 0.3) is 0 Å². The Morgan fingerprint density at radius 3 is 1.61 bits per heavy atom. The Morgan fingerprint density at radius 2 is 1.39 bits per heavy atom. The van der Waals surface area contributed by atoms with E-state index in [1.165, 1.54) is 0 Å². The van der Waals surface area contributed by atoms with E-state index in [-0.39, 0.29) is 22.0 Å². The van der Waals surface area contributed by atoms with Gasteiger partial charge in [-0.1, -0.05) is 13.8 Å². The standard InChI is InChI=1S/C12H28O3PS2/c1-10(2)9-18(13,14)15-16(17,11(3,4)5)12(6,7)8/h10,17H,9H2,1-8H3/q+1. The average Bonchev–Trinajstić information content (AvgIpc) is 1.94. The predicted molar refractivity (Wildman–Crippen MR) is 85.1 cm³/mol. The molecule has 0 aromatic carbocycles. The maximum Gasteiger partial charge on any atom is 0.300 e. The van der Waals surface area contributed by atoms with Crippen LogP contribution in [0.5, 0.6) is 0 Å². The van der Waals surface area contributed by atoms with Gasteiger partial charge in [0, 0.05) is 12.2 Å². The van der Waals surface area contributed by atoms with Crippen molar-refractivity contribution in [3.63, 3.8) is 0 Å². The second kappa shape index (κ2) is 5.59. The summed E-state index contributed by atoms with van der Waals surface area (Å²) in [6, 6.07) is 0. The summed E-state index contributed by atoms with van der Waals surface area (Å²) in [5.41, 5.74) is 0. The Balaban J connectivity index is 5.44. The first-order valence-electron chi connectivity index (χ1n) is 6.18. The van der Waals surface area contributed by atoms with E-state index in [1.54, 1.807) is 0 Å². The van der Waals surface area contributed by atoms with Gasteiger partial charge in [0.2, 0.25) is 6.69 Å². The second-order valence-electron chi connectivity index (χ2n) is 7.11. The van der Waals surface area contributed by atoms with E-state index >= 15 is 0 Å². The van der Waals surface area contributed by atoms with Crippen molar-refractivity contribution >= 4 is 29.1 Å². The van der Waals surface area contributed by atoms with Crippen molar-refractivity contribution in [3.8, 4) is 0 Å². The maximum absolute atomic E-state index is 12.1. The van der Waals surface area contributed by atoms with Crippen molar-refractivity contribution in [1.82, 2.24) is 0 Å². The molecular weight excluding hydrogens is 287 g/mol. The molecule has 0 saturated carbocycles. The minimum Gasteiger partial charge on any atom is -0.196 e. The summed E-state index contributed by atoms with van der Waals surface area (Å²) >= 11 is 4.71. The van der Waals surface area contributed by atoms with Gasteiger partial charge in [0.15, 0.2) is 0 Å². The van der Waals surface area contributed by atoms with Gasteiger partial charge in [0.25, 0.3) is 10.1 Å². The Morgan fingerprint density at radius 1 is 1.06 bits per heavy atom. The van der Waals surface area contributed by atoms with Crippen molar-refractivity contribution in [3.05, 3.63) is 0 Å². The van der Waals surface area contributed by atoms with Crippen LogP contribution < -0.4 is 0 Å². The summed E-state index contributed by atoms with van der Waals surface area (Å²) in [6.45, 7) is 13.3. The largest absolute Gasteiger partial charge is 0.300 e. The fourth-order valence-electron chi connectivity index (χ4n) is 1.83. The van der Waals surface area contributed by atoms with Crippen LogP contribution in [0.15, 0.2) is 0 Å². The van der Waals surface area contributed by atoms with Gasteiger partial charge in [-0.15, -0.1) is 3.97 Å². The van der Waals surface area contributed by atoms with Crippen LogP contribution in [-0.4, -0.2) is 24.5 Å². The SMILES string of the molecule is CC(C)CS(=O)(=O)O[P+](S)(C(C)(C)C)C(C)(C)C. The predicted octanol–water partition coefficient (Wildman–Crippen LogP) is 4.36. The maximum atomic E-state index is 12.1. The molecule has 0 rings (SSSR count). The van der Waals surface area contributed by atoms with Crippen LogP contribution >= 0.6 is 18.9 Å². The topological polar surface area (TPSA) is 43.4 Å². The minimum atomic E-state index is -3.53. The number of hydrogen-bond acceptors (Lipinski definition) is 4. The zero-order chi connectivity index (χ0) is 15.0. The van der Waals surface area contributed by atoms with Crippen LogP contribution in [0.2, 0.25) is 0 Å². The third-order valence-electron chi connectivity index (χ3n) is 2.58. The highest BCUT2D eigenvalue weighted by atomic mass is 32.7. The van der Waals surface area contributed by atoms with Crippen LogP contribution in [-0.2, 0) is 14.1 Å². The second-order valence-corrected chi connectivity index (χ2v) is 14.7. The molecule has 0 aliphatic rings. The van der Waals surface area contributed by atoms with Gasteiger partial charge in [-0.05, 0) is 47.5 Å². The van der Waals surface area contributed by atoms with Crippen molar-refractivity contribution < 1.29 is 12.4 Å². The van der Waals surface area contributed by atoms with Crippen LogP contribution in [0.1, 0.15) is 55.4 Å². The third kappa shape index (κ3) is 4.66. The minimum absolute atomic E-state index is 0.0431. The molecule has 6 heteroatoms. The van der Waals surface area contributed by atoms with Crippen molar-refractivity contribution in [2.75, 3.05) is 5.75 Å². The lowest BCUT2D eigenvalue weighted by molar-refractivity contribution is 0.471. The lowest BCUT2D eigenvalue weighted by Gasteiger charge is -2.39. The molecule has 110 valence electrons. The van der Waals surface area contributed by atoms with Gasteiger partial charge in [-0.3, -0.25) is 0 Å². The van der Waals surface area contributed by atoms with E-state index in [0.29, 0.717) is 0 Å². The Kier molecular flexibility index (Phi) is 5.80. The zero-order valence-electron chi connectivity index (χ0n) is 12.8. The molecule has 0 radical (unpaired) electrons. The van der Waals surface area contributed by atoms with Gasteiger partial charge in [-0.25, -0.2) is 0 Å². The lowest BCUT2D eigenvalue weighted by Crippen LogP contribution is -2.34. The van der Waals surface area contributed by atoms with Crippen molar-refractivity contribution in [2.24, 2.45) is 5.92 Å². The molecule has 0 aliphatic carbocycles. The molecule has 18 heavy (non-hydrogen) atoms. The quantitative estimate of drug-likeness (QED) is 0.619. The molecule has 0 amide bonds. The highest BCUT2D eigenvalue weighted by Crippen LogP contribution is 2.81. The number of thiol groups is 1. The molecule has 3 nitrogen and oxygen atoms in total. The fourth-order valence-corrected chi connectivity index (χ4v) is 8.92. The summed E-state index contributed by atoms with van der Waals surface area (Å²) in [4.78, 5) is 0. The van der Waals surface area contributed by atoms with Gasteiger partial charge in [-0.2, -0.15) is 8.42 Å². The first-order chi connectivity index (χ1) is 7.62. The normalized spacial score (nSPS) is 15.2. The molecule has 0 unspecified atom stereocenters. The molecule has 0 atom stereocenters. The molecule has 0 saturated heterocycles. The van der Waals surface area contributed by atoms with Gasteiger partial charge >= 0.3 is 0 Å². The van der Waals surface area contributed by atoms with Crippen LogP contribution in [0.3, 0.4) is 0 Å². The number of hydrogen-bond donors (Lipinski definition) is 1. The molecule has 0 aromatic rings. The van der Waals surface area contributed by atoms with Gasteiger partial charge in [0.05, 0.1) is 5.75 Å². The molecule has 0 spiro atoms. The highest BCUT2D eigenvalue weighted by Gasteiger charge is 2.61. The highest BCUT2D eigenvalue weighted by molar-refractivity contribution is 8.53. The fraction of sp³-hybridized carbons (Fsp3) is 1.00. The Labute approximate surface area is 119 Å². The zero-order valence-corrected chi connectivity index (χ0v) is 15.4. The Bertz CT molecular complexity index is 361. The average molecular weight is 315 g/mol. The summed E-state index contributed by atoms with van der Waals surface area (Å²) in [7, 11) is -3.53.